The maximum atomic E-state index is 13.1. The molecule has 7 heteroatoms. The Morgan fingerprint density at radius 2 is 1.81 bits per heavy atom. The second-order valence-corrected chi connectivity index (χ2v) is 6.71. The van der Waals surface area contributed by atoms with Crippen LogP contribution >= 0.6 is 0 Å². The third-order valence-corrected chi connectivity index (χ3v) is 4.79. The minimum Gasteiger partial charge on any atom is -0.325 e. The van der Waals surface area contributed by atoms with Gasteiger partial charge in [-0.05, 0) is 49.2 Å². The molecule has 0 spiro atoms. The van der Waals surface area contributed by atoms with Crippen molar-refractivity contribution < 1.29 is 22.8 Å². The number of nitrogens with one attached hydrogen (secondary N) is 1. The lowest BCUT2D eigenvalue weighted by Gasteiger charge is -2.18. The number of carbonyl (C=O) groups is 2. The van der Waals surface area contributed by atoms with Gasteiger partial charge in [0.05, 0.1) is 17.2 Å². The number of nitrogens with zero attached hydrogens (tertiary/aromatic N) is 1. The van der Waals surface area contributed by atoms with E-state index in [1.165, 1.54) is 23.1 Å². The highest BCUT2D eigenvalue weighted by Crippen LogP contribution is 2.35. The van der Waals surface area contributed by atoms with Crippen molar-refractivity contribution >= 4 is 23.2 Å². The predicted molar refractivity (Wildman–Crippen MR) is 96.4 cm³/mol. The van der Waals surface area contributed by atoms with E-state index in [0.29, 0.717) is 5.69 Å². The number of carbonyl (C=O) groups excluding carboxylic acids is 2. The first-order valence-electron chi connectivity index (χ1n) is 8.51. The van der Waals surface area contributed by atoms with E-state index < -0.39 is 23.6 Å². The summed E-state index contributed by atoms with van der Waals surface area (Å²) in [6, 6.07) is 10.4. The summed E-state index contributed by atoms with van der Waals surface area (Å²) in [7, 11) is 0. The molecule has 1 N–H and O–H groups in total. The van der Waals surface area contributed by atoms with Gasteiger partial charge in [0, 0.05) is 18.7 Å². The highest BCUT2D eigenvalue weighted by molar-refractivity contribution is 6.03. The quantitative estimate of drug-likeness (QED) is 0.868. The van der Waals surface area contributed by atoms with Crippen LogP contribution in [-0.2, 0) is 15.8 Å². The number of hydrogen-bond donors (Lipinski definition) is 1. The molecule has 0 unspecified atom stereocenters. The number of anilines is 2. The average Bonchev–Trinajstić information content (AvgIpc) is 2.99. The van der Waals surface area contributed by atoms with Crippen LogP contribution in [0.15, 0.2) is 42.5 Å². The van der Waals surface area contributed by atoms with E-state index in [1.807, 2.05) is 26.0 Å². The second-order valence-electron chi connectivity index (χ2n) is 6.71. The lowest BCUT2D eigenvalue weighted by molar-refractivity contribution is -0.137. The Bertz CT molecular complexity index is 893. The molecule has 142 valence electrons. The van der Waals surface area contributed by atoms with E-state index in [-0.39, 0.29) is 24.6 Å². The Kier molecular flexibility index (Phi) is 4.95. The van der Waals surface area contributed by atoms with Gasteiger partial charge in [0.2, 0.25) is 11.8 Å². The smallest absolute Gasteiger partial charge is 0.325 e. The van der Waals surface area contributed by atoms with Crippen LogP contribution in [0.3, 0.4) is 0 Å². The van der Waals surface area contributed by atoms with Gasteiger partial charge in [0.25, 0.3) is 0 Å². The van der Waals surface area contributed by atoms with Gasteiger partial charge in [-0.3, -0.25) is 9.59 Å². The van der Waals surface area contributed by atoms with Gasteiger partial charge in [-0.1, -0.05) is 18.2 Å². The molecule has 2 aromatic carbocycles. The lowest BCUT2D eigenvalue weighted by atomic mass is 10.1. The van der Waals surface area contributed by atoms with E-state index in [2.05, 4.69) is 5.32 Å². The Morgan fingerprint density at radius 3 is 2.48 bits per heavy atom. The summed E-state index contributed by atoms with van der Waals surface area (Å²) in [5.41, 5.74) is 1.59. The molecule has 1 aliphatic rings. The second kappa shape index (κ2) is 7.06. The third-order valence-electron chi connectivity index (χ3n) is 4.79. The molecule has 0 radical (unpaired) electrons. The summed E-state index contributed by atoms with van der Waals surface area (Å²) in [5.74, 6) is -1.52. The zero-order chi connectivity index (χ0) is 19.8. The van der Waals surface area contributed by atoms with Crippen molar-refractivity contribution in [3.05, 3.63) is 59.2 Å². The number of aryl methyl sites for hydroxylation is 2. The molecular formula is C20H19F3N2O2. The van der Waals surface area contributed by atoms with Crippen molar-refractivity contribution in [1.82, 2.24) is 0 Å². The van der Waals surface area contributed by atoms with Crippen molar-refractivity contribution in [2.24, 2.45) is 5.92 Å². The van der Waals surface area contributed by atoms with E-state index in [1.54, 1.807) is 6.07 Å². The summed E-state index contributed by atoms with van der Waals surface area (Å²) in [6.07, 6.45) is -4.60. The monoisotopic (exact) mass is 376 g/mol. The molecular weight excluding hydrogens is 357 g/mol. The fourth-order valence-corrected chi connectivity index (χ4v) is 3.10. The van der Waals surface area contributed by atoms with Gasteiger partial charge in [0.1, 0.15) is 0 Å². The predicted octanol–water partition coefficient (Wildman–Crippen LogP) is 4.31. The molecule has 1 fully saturated rings. The van der Waals surface area contributed by atoms with Crippen molar-refractivity contribution in [3.8, 4) is 0 Å². The Morgan fingerprint density at radius 1 is 1.11 bits per heavy atom. The zero-order valence-corrected chi connectivity index (χ0v) is 14.9. The maximum Gasteiger partial charge on any atom is 0.418 e. The zero-order valence-electron chi connectivity index (χ0n) is 14.9. The first-order valence-corrected chi connectivity index (χ1v) is 8.51. The molecule has 0 saturated carbocycles. The van der Waals surface area contributed by atoms with E-state index in [0.717, 1.165) is 17.2 Å². The van der Waals surface area contributed by atoms with Gasteiger partial charge < -0.3 is 10.2 Å². The van der Waals surface area contributed by atoms with Gasteiger partial charge in [-0.2, -0.15) is 13.2 Å². The van der Waals surface area contributed by atoms with Crippen LogP contribution in [0, 0.1) is 19.8 Å². The minimum atomic E-state index is -4.57. The van der Waals surface area contributed by atoms with Gasteiger partial charge in [-0.25, -0.2) is 0 Å². The number of para-hydroxylation sites is 1. The van der Waals surface area contributed by atoms with Gasteiger partial charge >= 0.3 is 6.18 Å². The molecule has 1 saturated heterocycles. The van der Waals surface area contributed by atoms with Crippen molar-refractivity contribution in [1.29, 1.82) is 0 Å². The first-order chi connectivity index (χ1) is 12.7. The average molecular weight is 376 g/mol. The highest BCUT2D eigenvalue weighted by atomic mass is 19.4. The molecule has 2 amide bonds. The minimum absolute atomic E-state index is 0.0348. The molecule has 0 aliphatic carbocycles. The fourth-order valence-electron chi connectivity index (χ4n) is 3.10. The van der Waals surface area contributed by atoms with Crippen LogP contribution in [0.2, 0.25) is 0 Å². The van der Waals surface area contributed by atoms with Crippen LogP contribution in [0.4, 0.5) is 24.5 Å². The number of rotatable bonds is 3. The molecule has 4 nitrogen and oxygen atoms in total. The number of halogens is 3. The van der Waals surface area contributed by atoms with E-state index in [9.17, 15) is 22.8 Å². The molecule has 3 rings (SSSR count). The molecule has 27 heavy (non-hydrogen) atoms. The first kappa shape index (κ1) is 18.9. The summed E-state index contributed by atoms with van der Waals surface area (Å²) < 4.78 is 39.2. The molecule has 1 atom stereocenters. The van der Waals surface area contributed by atoms with Crippen LogP contribution < -0.4 is 10.2 Å². The number of hydrogen-bond acceptors (Lipinski definition) is 2. The summed E-state index contributed by atoms with van der Waals surface area (Å²) in [4.78, 5) is 26.3. The molecule has 1 heterocycles. The Labute approximate surface area is 155 Å². The van der Waals surface area contributed by atoms with Crippen LogP contribution in [0.5, 0.6) is 0 Å². The number of alkyl halides is 3. The standard InChI is InChI=1S/C20H19F3N2O2/c1-12-7-8-15(9-13(12)2)25-11-14(10-18(25)26)19(27)24-17-6-4-3-5-16(17)20(21,22)23/h3-9,14H,10-11H2,1-2H3,(H,24,27)/t14-/m0/s1. The normalized spacial score (nSPS) is 17.3. The lowest BCUT2D eigenvalue weighted by Crippen LogP contribution is -2.28. The van der Waals surface area contributed by atoms with Gasteiger partial charge in [0.15, 0.2) is 0 Å². The number of amides is 2. The van der Waals surface area contributed by atoms with E-state index >= 15 is 0 Å². The largest absolute Gasteiger partial charge is 0.418 e. The SMILES string of the molecule is Cc1ccc(N2C[C@@H](C(=O)Nc3ccccc3C(F)(F)F)CC2=O)cc1C. The summed E-state index contributed by atoms with van der Waals surface area (Å²) >= 11 is 0. The van der Waals surface area contributed by atoms with Crippen molar-refractivity contribution in [2.45, 2.75) is 26.4 Å². The van der Waals surface area contributed by atoms with Crippen LogP contribution in [0.25, 0.3) is 0 Å². The Hall–Kier alpha value is -2.83. The van der Waals surface area contributed by atoms with Crippen LogP contribution in [-0.4, -0.2) is 18.4 Å². The molecule has 0 aromatic heterocycles. The third kappa shape index (κ3) is 3.97. The maximum absolute atomic E-state index is 13.1. The topological polar surface area (TPSA) is 49.4 Å². The summed E-state index contributed by atoms with van der Waals surface area (Å²) in [5, 5.41) is 2.33. The van der Waals surface area contributed by atoms with E-state index in [4.69, 9.17) is 0 Å². The molecule has 0 bridgehead atoms. The number of benzene rings is 2. The van der Waals surface area contributed by atoms with Gasteiger partial charge in [-0.15, -0.1) is 0 Å². The fraction of sp³-hybridized carbons (Fsp3) is 0.300. The molecule has 1 aliphatic heterocycles. The highest BCUT2D eigenvalue weighted by Gasteiger charge is 2.37. The van der Waals surface area contributed by atoms with Crippen LogP contribution in [0.1, 0.15) is 23.1 Å². The van der Waals surface area contributed by atoms with Crippen molar-refractivity contribution in [3.63, 3.8) is 0 Å². The summed E-state index contributed by atoms with van der Waals surface area (Å²) in [6.45, 7) is 4.03. The van der Waals surface area contributed by atoms with Crippen molar-refractivity contribution in [2.75, 3.05) is 16.8 Å². The Balaban J connectivity index is 1.76. The molecule has 2 aromatic rings.